The monoisotopic (exact) mass is 1690 g/mol. The Kier molecular flexibility index (Phi) is 23.7. The summed E-state index contributed by atoms with van der Waals surface area (Å²) < 4.78 is 87.8. The van der Waals surface area contributed by atoms with Crippen LogP contribution in [0.5, 0.6) is 0 Å². The van der Waals surface area contributed by atoms with E-state index in [1.165, 1.54) is 34.4 Å². The summed E-state index contributed by atoms with van der Waals surface area (Å²) in [6.45, 7) is 14.4. The minimum absolute atomic E-state index is 0.00575. The number of amides is 9. The predicted molar refractivity (Wildman–Crippen MR) is 445 cm³/mol. The van der Waals surface area contributed by atoms with Crippen LogP contribution in [0.3, 0.4) is 0 Å². The van der Waals surface area contributed by atoms with Gasteiger partial charge in [0.15, 0.2) is 64.0 Å². The Hall–Kier alpha value is -13.6. The molecule has 9 aliphatic rings. The lowest BCUT2D eigenvalue weighted by Crippen LogP contribution is -2.48. The molecule has 0 unspecified atom stereocenters. The third-order valence-electron chi connectivity index (χ3n) is 22.6. The average Bonchev–Trinajstić information content (AvgIpc) is 1.77. The average molecular weight is 1690 g/mol. The number of aromatic nitrogens is 9. The van der Waals surface area contributed by atoms with Crippen molar-refractivity contribution in [3.05, 3.63) is 162 Å². The zero-order valence-corrected chi connectivity index (χ0v) is 68.2. The van der Waals surface area contributed by atoms with E-state index in [2.05, 4.69) is 86.7 Å². The van der Waals surface area contributed by atoms with Crippen molar-refractivity contribution in [1.29, 1.82) is 0 Å². The van der Waals surface area contributed by atoms with Gasteiger partial charge in [-0.15, -0.1) is 12.3 Å². The number of nitrogens with zero attached hydrogens (tertiary/aromatic N) is 18. The molecule has 0 spiro atoms. The van der Waals surface area contributed by atoms with Gasteiger partial charge in [-0.3, -0.25) is 60.0 Å². The number of oxazole rings is 2. The number of carbonyl (C=O) groups excluding carboxylic acids is 8. The number of halogens is 6. The highest BCUT2D eigenvalue weighted by molar-refractivity contribution is 6.09. The van der Waals surface area contributed by atoms with Crippen LogP contribution in [0.1, 0.15) is 138 Å². The fraction of sp³-hybridized carbons (Fsp3) is 0.400. The first kappa shape index (κ1) is 84.4. The van der Waals surface area contributed by atoms with Crippen molar-refractivity contribution in [1.82, 2.24) is 49.8 Å². The molecule has 9 aromatic rings. The van der Waals surface area contributed by atoms with Gasteiger partial charge in [0.25, 0.3) is 5.91 Å². The molecule has 8 bridgehead atoms. The quantitative estimate of drug-likeness (QED) is 0.0396. The summed E-state index contributed by atoms with van der Waals surface area (Å²) >= 11 is 0. The number of ketones is 3. The number of hydrogen-bond donors (Lipinski definition) is 4. The summed E-state index contributed by atoms with van der Waals surface area (Å²) in [6, 6.07) is 23.8. The van der Waals surface area contributed by atoms with Gasteiger partial charge in [-0.1, -0.05) is 19.1 Å². The Morgan fingerprint density at radius 3 is 1.47 bits per heavy atom. The molecule has 0 radical (unpaired) electrons. The minimum atomic E-state index is -4.52. The molecule has 17 heterocycles. The predicted octanol–water partition coefficient (Wildman–Crippen LogP) is 14.2. The number of alkyl halides is 6. The van der Waals surface area contributed by atoms with E-state index in [0.29, 0.717) is 137 Å². The van der Waals surface area contributed by atoms with Crippen LogP contribution in [0.4, 0.5) is 115 Å². The third kappa shape index (κ3) is 18.8. The fourth-order valence-corrected chi connectivity index (χ4v) is 16.2. The zero-order valence-electron chi connectivity index (χ0n) is 68.2. The number of terminal acetylenes is 1. The number of fused-ring (bicyclic) bond motifs is 16. The van der Waals surface area contributed by atoms with Gasteiger partial charge in [0.05, 0.1) is 59.0 Å². The molecule has 1 aliphatic carbocycles. The molecule has 1 saturated carbocycles. The second kappa shape index (κ2) is 34.5. The molecular weight excluding hydrogens is 1600 g/mol. The second-order valence-corrected chi connectivity index (χ2v) is 32.3. The van der Waals surface area contributed by atoms with E-state index in [0.717, 1.165) is 77.2 Å². The van der Waals surface area contributed by atoms with E-state index in [1.54, 1.807) is 110 Å². The summed E-state index contributed by atoms with van der Waals surface area (Å²) in [4.78, 5) is 157. The van der Waals surface area contributed by atoms with Crippen molar-refractivity contribution in [3.63, 3.8) is 0 Å². The Bertz CT molecular complexity index is 5610. The number of pyridine rings is 7. The van der Waals surface area contributed by atoms with Crippen LogP contribution in [0.2, 0.25) is 0 Å². The maximum atomic E-state index is 13.5. The SMILES string of the molecule is C#CC(C)(C)CC(=O)c1ccc2c(n1)N(C(=O)Nc1ccccn1)[C@H]1CCN2C1.CN(CC(F)(F)F)C(=O)c1ccc2c(n1)N(C(=O)Nc1ccccn1)[C@H]1CCN2C1.Cc1nc(NC(=O)N2c3nc(C(=O)CC4CC4)ccc3N3CC[C@H]2C3)co1.Cc1ncc(-c2ccnc(NC(=O)N3c4nc(C(=O)C[C@H](C)C(F)(F)F)cc(C)c4N4CC[C@H]3C4)c2)o1. The molecule has 8 aliphatic heterocycles. The Morgan fingerprint density at radius 1 is 0.528 bits per heavy atom. The highest BCUT2D eigenvalue weighted by Crippen LogP contribution is 2.46. The standard InChI is InChI=1S/C25H25F3N6O3.C22H23N5O2.C19H19F3N6O2.C19H21N5O3/c1-13-8-18(19(35)9-14(2)25(26,27)28)31-23-22(13)33-7-5-17(12-33)34(23)24(36)32-21-10-16(4-6-29-21)20-11-30-15(3)37-20;1-4-22(2,3)13-18(28)16-8-9-17-20(24-16)27(15-10-12-26(17)14-15)21(29)25-19-7-5-6-11-23-19;1-26(11-19(20,21)22)17(29)13-5-6-14-16(24-13)28(12-7-9-27(14)10-12)18(30)25-15-4-2-3-8-23-15;1-11-20-17(10-27-11)22-19(26)24-13-6-7-23(9-13)15-5-4-14(21-18(15)24)16(25)8-12-2-3-12/h4,6,8,10-11,14,17H,5,7,9,12H2,1-3H3,(H,29,32,36);1,5-9,11,15H,10,12-14H2,2-3H3,(H,23,25,29);2-6,8,12H,7,9-11H2,1H3,(H,23,25,30);4-5,10,12-13H,2-3,6-9H2,1H3,(H,22,26)/t14-,17-;15-;12-;13-/m0000/s1. The van der Waals surface area contributed by atoms with E-state index in [4.69, 9.17) is 15.3 Å². The zero-order chi connectivity index (χ0) is 87.1. The molecule has 9 amide bonds. The normalized spacial score (nSPS) is 18.2. The van der Waals surface area contributed by atoms with Gasteiger partial charge in [-0.25, -0.2) is 59.0 Å². The lowest BCUT2D eigenvalue weighted by molar-refractivity contribution is -0.168. The van der Waals surface area contributed by atoms with Crippen LogP contribution in [0.25, 0.3) is 11.3 Å². The van der Waals surface area contributed by atoms with Crippen molar-refractivity contribution < 1.29 is 73.5 Å². The maximum absolute atomic E-state index is 13.5. The van der Waals surface area contributed by atoms with E-state index in [-0.39, 0.29) is 83.1 Å². The fourth-order valence-electron chi connectivity index (χ4n) is 16.2. The molecule has 4 N–H and O–H groups in total. The molecular formula is C85H88F6N22O10. The number of anilines is 12. The number of urea groups is 4. The first-order chi connectivity index (χ1) is 58.7. The molecule has 0 aromatic carbocycles. The Balaban J connectivity index is 0.000000128. The van der Waals surface area contributed by atoms with E-state index >= 15 is 0 Å². The highest BCUT2D eigenvalue weighted by Gasteiger charge is 2.47. The van der Waals surface area contributed by atoms with Crippen molar-refractivity contribution in [3.8, 4) is 23.7 Å². The van der Waals surface area contributed by atoms with Crippen LogP contribution in [-0.4, -0.2) is 200 Å². The summed E-state index contributed by atoms with van der Waals surface area (Å²) in [5, 5.41) is 11.1. The topological polar surface area (TPSA) is 356 Å². The van der Waals surface area contributed by atoms with Crippen molar-refractivity contribution in [2.75, 3.05) is 126 Å². The van der Waals surface area contributed by atoms with Crippen molar-refractivity contribution in [2.24, 2.45) is 17.3 Å². The summed E-state index contributed by atoms with van der Waals surface area (Å²) in [5.41, 5.74) is 4.45. The van der Waals surface area contributed by atoms with Crippen LogP contribution in [0.15, 0.2) is 131 Å². The lowest BCUT2D eigenvalue weighted by atomic mass is 9.87. The van der Waals surface area contributed by atoms with E-state index < -0.39 is 60.4 Å². The lowest BCUT2D eigenvalue weighted by Gasteiger charge is -2.36. The third-order valence-corrected chi connectivity index (χ3v) is 22.6. The molecule has 5 atom stereocenters. The van der Waals surface area contributed by atoms with Gasteiger partial charge < -0.3 is 33.3 Å². The number of aryl methyl sites for hydroxylation is 3. The van der Waals surface area contributed by atoms with Crippen LogP contribution in [-0.2, 0) is 0 Å². The number of Topliss-reactive ketones (excluding diaryl/α,β-unsaturated/α-hetero) is 3. The van der Waals surface area contributed by atoms with E-state index in [1.807, 2.05) is 36.9 Å². The number of carbonyl (C=O) groups is 8. The van der Waals surface area contributed by atoms with Crippen molar-refractivity contribution >= 4 is 117 Å². The van der Waals surface area contributed by atoms with Gasteiger partial charge >= 0.3 is 36.5 Å². The Labute approximate surface area is 702 Å². The van der Waals surface area contributed by atoms with Crippen LogP contribution < -0.4 is 60.5 Å². The van der Waals surface area contributed by atoms with Gasteiger partial charge in [-0.2, -0.15) is 31.3 Å². The van der Waals surface area contributed by atoms with Gasteiger partial charge in [0, 0.05) is 122 Å². The summed E-state index contributed by atoms with van der Waals surface area (Å²) in [7, 11) is 1.07. The molecule has 38 heteroatoms. The van der Waals surface area contributed by atoms with Crippen molar-refractivity contribution in [2.45, 2.75) is 136 Å². The smallest absolute Gasteiger partial charge is 0.406 e. The summed E-state index contributed by atoms with van der Waals surface area (Å²) in [5.74, 6) is 4.28. The molecule has 123 heavy (non-hydrogen) atoms. The summed E-state index contributed by atoms with van der Waals surface area (Å²) in [6.07, 6.45) is 9.61. The van der Waals surface area contributed by atoms with Gasteiger partial charge in [-0.05, 0) is 150 Å². The first-order valence-electron chi connectivity index (χ1n) is 40.2. The van der Waals surface area contributed by atoms with Crippen LogP contribution >= 0.6 is 0 Å². The second-order valence-electron chi connectivity index (χ2n) is 32.3. The van der Waals surface area contributed by atoms with Crippen LogP contribution in [0, 0.1) is 50.4 Å². The molecule has 5 fully saturated rings. The highest BCUT2D eigenvalue weighted by atomic mass is 19.4. The maximum Gasteiger partial charge on any atom is 0.406 e. The molecule has 640 valence electrons. The minimum Gasteiger partial charge on any atom is -0.447 e. The van der Waals surface area contributed by atoms with Gasteiger partial charge in [0.2, 0.25) is 0 Å². The molecule has 32 nitrogen and oxygen atoms in total. The van der Waals surface area contributed by atoms with E-state index in [9.17, 15) is 64.7 Å². The van der Waals surface area contributed by atoms with Gasteiger partial charge in [0.1, 0.15) is 53.0 Å². The molecule has 18 rings (SSSR count). The largest absolute Gasteiger partial charge is 0.447 e. The number of hydrogen-bond acceptors (Lipinski definition) is 23. The molecule has 9 aromatic heterocycles. The number of nitrogens with one attached hydrogen (secondary N) is 4. The Morgan fingerprint density at radius 2 is 1.00 bits per heavy atom. The number of rotatable bonds is 16. The molecule has 4 saturated heterocycles. The first-order valence-corrected chi connectivity index (χ1v) is 40.2.